The molecule has 1 aliphatic heterocycles. The summed E-state index contributed by atoms with van der Waals surface area (Å²) < 4.78 is 33.6. The van der Waals surface area contributed by atoms with Crippen molar-refractivity contribution in [2.24, 2.45) is 0 Å². The highest BCUT2D eigenvalue weighted by molar-refractivity contribution is 7.89. The van der Waals surface area contributed by atoms with Crippen molar-refractivity contribution in [3.05, 3.63) is 65.2 Å². The van der Waals surface area contributed by atoms with Crippen molar-refractivity contribution in [1.29, 1.82) is 0 Å². The molecule has 0 saturated carbocycles. The van der Waals surface area contributed by atoms with Gasteiger partial charge in [0.25, 0.3) is 0 Å². The Balaban J connectivity index is 1.69. The van der Waals surface area contributed by atoms with Gasteiger partial charge in [0.15, 0.2) is 0 Å². The van der Waals surface area contributed by atoms with E-state index in [-0.39, 0.29) is 23.9 Å². The molecule has 0 spiro atoms. The molecule has 1 heterocycles. The van der Waals surface area contributed by atoms with E-state index in [0.29, 0.717) is 31.7 Å². The minimum absolute atomic E-state index is 0.203. The molecule has 7 nitrogen and oxygen atoms in total. The molecule has 1 aliphatic rings. The molecule has 174 valence electrons. The van der Waals surface area contributed by atoms with Crippen LogP contribution >= 0.6 is 0 Å². The first-order chi connectivity index (χ1) is 15.4. The lowest BCUT2D eigenvalue weighted by Gasteiger charge is -2.27. The molecule has 1 amide bonds. The number of nitrogens with zero attached hydrogens (tertiary/aromatic N) is 2. The monoisotopic (exact) mass is 459 g/mol. The number of hydrogen-bond acceptors (Lipinski definition) is 5. The van der Waals surface area contributed by atoms with E-state index in [4.69, 9.17) is 4.74 Å². The Morgan fingerprint density at radius 2 is 1.81 bits per heavy atom. The van der Waals surface area contributed by atoms with Gasteiger partial charge in [0.1, 0.15) is 0 Å². The van der Waals surface area contributed by atoms with Gasteiger partial charge in [0.05, 0.1) is 24.7 Å². The second-order valence-electron chi connectivity index (χ2n) is 8.15. The number of aryl methyl sites for hydroxylation is 2. The number of ether oxygens (including phenoxy) is 1. The predicted octanol–water partition coefficient (Wildman–Crippen LogP) is 1.99. The van der Waals surface area contributed by atoms with Crippen LogP contribution in [0.4, 0.5) is 0 Å². The Labute approximate surface area is 191 Å². The lowest BCUT2D eigenvalue weighted by molar-refractivity contribution is -0.121. The third-order valence-electron chi connectivity index (χ3n) is 5.63. The van der Waals surface area contributed by atoms with Crippen LogP contribution in [0.15, 0.2) is 53.4 Å². The van der Waals surface area contributed by atoms with Gasteiger partial charge >= 0.3 is 0 Å². The Hall–Kier alpha value is -2.26. The maximum Gasteiger partial charge on any atom is 0.243 e. The second kappa shape index (κ2) is 11.6. The van der Waals surface area contributed by atoms with E-state index in [1.54, 1.807) is 19.1 Å². The van der Waals surface area contributed by atoms with E-state index in [0.717, 1.165) is 30.8 Å². The van der Waals surface area contributed by atoms with Crippen molar-refractivity contribution in [2.75, 3.05) is 52.5 Å². The Morgan fingerprint density at radius 3 is 2.53 bits per heavy atom. The predicted molar refractivity (Wildman–Crippen MR) is 125 cm³/mol. The summed E-state index contributed by atoms with van der Waals surface area (Å²) in [6.07, 6.45) is 0.534. The number of amides is 1. The van der Waals surface area contributed by atoms with Gasteiger partial charge in [-0.2, -0.15) is 4.31 Å². The summed E-state index contributed by atoms with van der Waals surface area (Å²) in [6, 6.07) is 15.1. The molecule has 1 fully saturated rings. The topological polar surface area (TPSA) is 79.0 Å². The first-order valence-corrected chi connectivity index (χ1v) is 12.5. The maximum absolute atomic E-state index is 13.5. The molecule has 32 heavy (non-hydrogen) atoms. The van der Waals surface area contributed by atoms with Gasteiger partial charge in [0, 0.05) is 32.7 Å². The number of nitrogens with one attached hydrogen (secondary N) is 1. The quantitative estimate of drug-likeness (QED) is 0.588. The standard InChI is InChI=1S/C24H33N3O4S/c1-20-8-9-21(2)23(18-20)32(29,30)27(12-10-22-6-4-3-5-7-22)19-24(28)25-11-13-26-14-16-31-17-15-26/h3-9,18H,10-17,19H2,1-2H3,(H,25,28). The number of carbonyl (C=O) groups excluding carboxylic acids is 1. The summed E-state index contributed by atoms with van der Waals surface area (Å²) in [7, 11) is -3.82. The molecule has 1 N–H and O–H groups in total. The Kier molecular flexibility index (Phi) is 8.81. The van der Waals surface area contributed by atoms with E-state index in [9.17, 15) is 13.2 Å². The minimum atomic E-state index is -3.82. The molecule has 3 rings (SSSR count). The lowest BCUT2D eigenvalue weighted by atomic mass is 10.1. The Bertz CT molecular complexity index is 990. The fraction of sp³-hybridized carbons (Fsp3) is 0.458. The largest absolute Gasteiger partial charge is 0.379 e. The molecular formula is C24H33N3O4S. The van der Waals surface area contributed by atoms with E-state index in [1.165, 1.54) is 4.31 Å². The van der Waals surface area contributed by atoms with Crippen LogP contribution in [0, 0.1) is 13.8 Å². The highest BCUT2D eigenvalue weighted by atomic mass is 32.2. The van der Waals surface area contributed by atoms with Crippen molar-refractivity contribution < 1.29 is 17.9 Å². The molecule has 0 aliphatic carbocycles. The first kappa shape index (κ1) is 24.4. The molecule has 2 aromatic rings. The molecule has 0 atom stereocenters. The number of hydrogen-bond donors (Lipinski definition) is 1. The third-order valence-corrected chi connectivity index (χ3v) is 7.62. The SMILES string of the molecule is Cc1ccc(C)c(S(=O)(=O)N(CCc2ccccc2)CC(=O)NCCN2CCOCC2)c1. The normalized spacial score (nSPS) is 15.1. The number of morpholine rings is 1. The maximum atomic E-state index is 13.5. The number of sulfonamides is 1. The molecule has 1 saturated heterocycles. The average Bonchev–Trinajstić information content (AvgIpc) is 2.79. The molecule has 2 aromatic carbocycles. The number of rotatable bonds is 10. The molecule has 0 unspecified atom stereocenters. The third kappa shape index (κ3) is 6.87. The summed E-state index contributed by atoms with van der Waals surface area (Å²) in [5.41, 5.74) is 2.57. The zero-order chi connectivity index (χ0) is 23.0. The van der Waals surface area contributed by atoms with Gasteiger partial charge in [-0.25, -0.2) is 8.42 Å². The molecule has 8 heteroatoms. The van der Waals surface area contributed by atoms with Gasteiger partial charge in [-0.05, 0) is 43.0 Å². The van der Waals surface area contributed by atoms with Crippen LogP contribution in [0.2, 0.25) is 0 Å². The molecule has 0 radical (unpaired) electrons. The zero-order valence-electron chi connectivity index (χ0n) is 18.9. The molecule has 0 bridgehead atoms. The van der Waals surface area contributed by atoms with Gasteiger partial charge < -0.3 is 10.1 Å². The van der Waals surface area contributed by atoms with Crippen molar-refractivity contribution in [2.45, 2.75) is 25.2 Å². The first-order valence-electron chi connectivity index (χ1n) is 11.0. The Morgan fingerprint density at radius 1 is 1.09 bits per heavy atom. The van der Waals surface area contributed by atoms with Crippen LogP contribution < -0.4 is 5.32 Å². The van der Waals surface area contributed by atoms with Crippen molar-refractivity contribution in [1.82, 2.24) is 14.5 Å². The van der Waals surface area contributed by atoms with Crippen molar-refractivity contribution >= 4 is 15.9 Å². The van der Waals surface area contributed by atoms with Crippen LogP contribution in [0.1, 0.15) is 16.7 Å². The summed E-state index contributed by atoms with van der Waals surface area (Å²) in [5, 5.41) is 2.88. The van der Waals surface area contributed by atoms with Crippen molar-refractivity contribution in [3.8, 4) is 0 Å². The smallest absolute Gasteiger partial charge is 0.243 e. The van der Waals surface area contributed by atoms with E-state index in [2.05, 4.69) is 10.2 Å². The number of benzene rings is 2. The van der Waals surface area contributed by atoms with Crippen LogP contribution in [0.3, 0.4) is 0 Å². The van der Waals surface area contributed by atoms with Crippen LogP contribution in [-0.2, 0) is 26.0 Å². The van der Waals surface area contributed by atoms with E-state index < -0.39 is 10.0 Å². The van der Waals surface area contributed by atoms with Crippen LogP contribution in [0.25, 0.3) is 0 Å². The van der Waals surface area contributed by atoms with Crippen LogP contribution in [0.5, 0.6) is 0 Å². The summed E-state index contributed by atoms with van der Waals surface area (Å²) >= 11 is 0. The summed E-state index contributed by atoms with van der Waals surface area (Å²) in [6.45, 7) is 7.99. The lowest BCUT2D eigenvalue weighted by Crippen LogP contribution is -2.45. The highest BCUT2D eigenvalue weighted by Crippen LogP contribution is 2.21. The van der Waals surface area contributed by atoms with Gasteiger partial charge in [-0.3, -0.25) is 9.69 Å². The molecular weight excluding hydrogens is 426 g/mol. The fourth-order valence-corrected chi connectivity index (χ4v) is 5.41. The second-order valence-corrected chi connectivity index (χ2v) is 10.1. The molecule has 0 aromatic heterocycles. The van der Waals surface area contributed by atoms with Crippen molar-refractivity contribution in [3.63, 3.8) is 0 Å². The van der Waals surface area contributed by atoms with E-state index in [1.807, 2.05) is 43.3 Å². The van der Waals surface area contributed by atoms with Crippen LogP contribution in [-0.4, -0.2) is 76.0 Å². The van der Waals surface area contributed by atoms with Gasteiger partial charge in [0.2, 0.25) is 15.9 Å². The van der Waals surface area contributed by atoms with Gasteiger partial charge in [-0.15, -0.1) is 0 Å². The van der Waals surface area contributed by atoms with E-state index >= 15 is 0 Å². The number of carbonyl (C=O) groups is 1. The van der Waals surface area contributed by atoms with Gasteiger partial charge in [-0.1, -0.05) is 42.5 Å². The summed E-state index contributed by atoms with van der Waals surface area (Å²) in [4.78, 5) is 15.2. The zero-order valence-corrected chi connectivity index (χ0v) is 19.7. The highest BCUT2D eigenvalue weighted by Gasteiger charge is 2.28. The summed E-state index contributed by atoms with van der Waals surface area (Å²) in [5.74, 6) is -0.291. The fourth-order valence-electron chi connectivity index (χ4n) is 3.70. The minimum Gasteiger partial charge on any atom is -0.379 e. The average molecular weight is 460 g/mol.